The topological polar surface area (TPSA) is 84.2 Å². The Morgan fingerprint density at radius 2 is 1.80 bits per heavy atom. The average Bonchev–Trinajstić information content (AvgIpc) is 3.39. The zero-order valence-electron chi connectivity index (χ0n) is 16.7. The number of hydrogen-bond donors (Lipinski definition) is 2. The summed E-state index contributed by atoms with van der Waals surface area (Å²) in [6, 6.07) is 16.2. The molecule has 2 aromatic carbocycles. The number of aromatic nitrogens is 2. The van der Waals surface area contributed by atoms with E-state index in [4.69, 9.17) is 0 Å². The van der Waals surface area contributed by atoms with Crippen LogP contribution in [0.5, 0.6) is 0 Å². The van der Waals surface area contributed by atoms with Crippen LogP contribution in [0.1, 0.15) is 49.5 Å². The largest absolute Gasteiger partial charge is 0.382 e. The van der Waals surface area contributed by atoms with E-state index in [2.05, 4.69) is 10.5 Å². The molecule has 4 atom stereocenters. The van der Waals surface area contributed by atoms with Gasteiger partial charge in [0.1, 0.15) is 11.8 Å². The van der Waals surface area contributed by atoms with E-state index in [9.17, 15) is 14.7 Å². The van der Waals surface area contributed by atoms with Crippen molar-refractivity contribution in [2.45, 2.75) is 38.2 Å². The second kappa shape index (κ2) is 7.69. The summed E-state index contributed by atoms with van der Waals surface area (Å²) in [6.07, 6.45) is 4.25. The molecule has 2 saturated carbocycles. The first-order chi connectivity index (χ1) is 14.6. The molecule has 30 heavy (non-hydrogen) atoms. The Labute approximate surface area is 174 Å². The highest BCUT2D eigenvalue weighted by atomic mass is 16.3. The second-order valence-electron chi connectivity index (χ2n) is 8.64. The molecule has 4 unspecified atom stereocenters. The van der Waals surface area contributed by atoms with E-state index in [1.54, 1.807) is 18.2 Å². The van der Waals surface area contributed by atoms with Gasteiger partial charge in [-0.15, -0.1) is 9.89 Å². The molecule has 2 aliphatic carbocycles. The predicted molar refractivity (Wildman–Crippen MR) is 114 cm³/mol. The first kappa shape index (κ1) is 19.0. The third-order valence-electron chi connectivity index (χ3n) is 6.77. The van der Waals surface area contributed by atoms with Crippen LogP contribution in [0.2, 0.25) is 0 Å². The van der Waals surface area contributed by atoms with Gasteiger partial charge in [0.2, 0.25) is 5.91 Å². The number of rotatable bonds is 5. The molecule has 154 valence electrons. The van der Waals surface area contributed by atoms with Crippen LogP contribution in [0.25, 0.3) is 10.8 Å². The number of nitrogens with one attached hydrogen (secondary N) is 1. The van der Waals surface area contributed by atoms with Gasteiger partial charge >= 0.3 is 0 Å². The van der Waals surface area contributed by atoms with E-state index in [0.29, 0.717) is 40.3 Å². The van der Waals surface area contributed by atoms with Crippen LogP contribution >= 0.6 is 0 Å². The summed E-state index contributed by atoms with van der Waals surface area (Å²) in [5.74, 6) is 1.60. The van der Waals surface area contributed by atoms with Gasteiger partial charge in [0.05, 0.1) is 5.39 Å². The number of nitrogens with zero attached hydrogens (tertiary/aromatic N) is 2. The van der Waals surface area contributed by atoms with Crippen LogP contribution in [0, 0.1) is 17.8 Å². The van der Waals surface area contributed by atoms with Crippen molar-refractivity contribution in [1.82, 2.24) is 9.89 Å². The minimum atomic E-state index is -1.01. The predicted octanol–water partition coefficient (Wildman–Crippen LogP) is 3.37. The zero-order valence-corrected chi connectivity index (χ0v) is 16.7. The van der Waals surface area contributed by atoms with Gasteiger partial charge in [-0.3, -0.25) is 9.59 Å². The van der Waals surface area contributed by atoms with E-state index in [-0.39, 0.29) is 5.91 Å². The number of carbonyl (C=O) groups is 1. The van der Waals surface area contributed by atoms with Crippen molar-refractivity contribution in [2.24, 2.45) is 17.8 Å². The van der Waals surface area contributed by atoms with Gasteiger partial charge < -0.3 is 5.11 Å². The molecular formula is C24H25N3O3. The lowest BCUT2D eigenvalue weighted by atomic mass is 9.86. The smallest absolute Gasteiger partial charge is 0.294 e. The molecule has 0 saturated heterocycles. The summed E-state index contributed by atoms with van der Waals surface area (Å²) in [4.78, 5) is 26.7. The molecule has 2 aliphatic rings. The van der Waals surface area contributed by atoms with Crippen LogP contribution < -0.4 is 11.0 Å². The number of hydrogen-bond acceptors (Lipinski definition) is 4. The monoisotopic (exact) mass is 403 g/mol. The van der Waals surface area contributed by atoms with Gasteiger partial charge in [-0.2, -0.15) is 0 Å². The number of fused-ring (bicyclic) bond motifs is 3. The average molecular weight is 403 g/mol. The van der Waals surface area contributed by atoms with Gasteiger partial charge in [-0.05, 0) is 48.6 Å². The summed E-state index contributed by atoms with van der Waals surface area (Å²) >= 11 is 0. The Morgan fingerprint density at radius 1 is 1.07 bits per heavy atom. The summed E-state index contributed by atoms with van der Waals surface area (Å²) in [6.45, 7) is 0. The van der Waals surface area contributed by atoms with Crippen molar-refractivity contribution in [3.8, 4) is 0 Å². The van der Waals surface area contributed by atoms with Crippen molar-refractivity contribution in [3.63, 3.8) is 0 Å². The highest BCUT2D eigenvalue weighted by molar-refractivity contribution is 5.86. The fraction of sp³-hybridized carbons (Fsp3) is 0.375. The molecule has 2 bridgehead atoms. The van der Waals surface area contributed by atoms with Gasteiger partial charge in [0, 0.05) is 11.8 Å². The number of aliphatic hydroxyl groups is 1. The first-order valence-corrected chi connectivity index (χ1v) is 10.6. The number of aliphatic hydroxyl groups excluding tert-OH is 1. The number of benzene rings is 2. The molecule has 0 radical (unpaired) electrons. The molecule has 1 heterocycles. The van der Waals surface area contributed by atoms with Gasteiger partial charge in [-0.25, -0.2) is 5.43 Å². The minimum Gasteiger partial charge on any atom is -0.382 e. The summed E-state index contributed by atoms with van der Waals surface area (Å²) < 4.78 is 0. The highest BCUT2D eigenvalue weighted by Gasteiger charge is 2.40. The molecule has 3 aromatic rings. The molecular weight excluding hydrogens is 378 g/mol. The summed E-state index contributed by atoms with van der Waals surface area (Å²) in [7, 11) is 0. The van der Waals surface area contributed by atoms with Crippen LogP contribution in [-0.4, -0.2) is 20.9 Å². The second-order valence-corrected chi connectivity index (χ2v) is 8.64. The van der Waals surface area contributed by atoms with Crippen LogP contribution in [0.3, 0.4) is 0 Å². The van der Waals surface area contributed by atoms with Crippen LogP contribution in [-0.2, 0) is 4.79 Å². The zero-order chi connectivity index (χ0) is 20.7. The Hall–Kier alpha value is -2.99. The number of amides is 1. The molecule has 0 spiro atoms. The quantitative estimate of drug-likeness (QED) is 0.684. The summed E-state index contributed by atoms with van der Waals surface area (Å²) in [5, 5.41) is 16.3. The maximum atomic E-state index is 12.9. The Balaban J connectivity index is 1.47. The molecule has 2 N–H and O–H groups in total. The highest BCUT2D eigenvalue weighted by Crippen LogP contribution is 2.49. The molecule has 1 amide bonds. The van der Waals surface area contributed by atoms with Crippen molar-refractivity contribution >= 4 is 16.7 Å². The van der Waals surface area contributed by atoms with E-state index in [0.717, 1.165) is 17.1 Å². The SMILES string of the molecule is O=C(CC1CC2CCC1C2)Nn1nc(C(O)c2ccccc2)c2ccccc2c1=O. The van der Waals surface area contributed by atoms with Gasteiger partial charge in [-0.1, -0.05) is 55.0 Å². The van der Waals surface area contributed by atoms with Crippen molar-refractivity contribution in [1.29, 1.82) is 0 Å². The third kappa shape index (κ3) is 3.41. The lowest BCUT2D eigenvalue weighted by Crippen LogP contribution is -2.37. The van der Waals surface area contributed by atoms with E-state index >= 15 is 0 Å². The molecule has 1 aromatic heterocycles. The lowest BCUT2D eigenvalue weighted by Gasteiger charge is -2.21. The fourth-order valence-electron chi connectivity index (χ4n) is 5.31. The molecule has 6 nitrogen and oxygen atoms in total. The van der Waals surface area contributed by atoms with E-state index in [1.165, 1.54) is 19.3 Å². The third-order valence-corrected chi connectivity index (χ3v) is 6.77. The Morgan fingerprint density at radius 3 is 2.50 bits per heavy atom. The van der Waals surface area contributed by atoms with Crippen molar-refractivity contribution in [3.05, 3.63) is 76.2 Å². The fourth-order valence-corrected chi connectivity index (χ4v) is 5.31. The number of carbonyl (C=O) groups excluding carboxylic acids is 1. The Bertz CT molecular complexity index is 1140. The first-order valence-electron chi connectivity index (χ1n) is 10.6. The minimum absolute atomic E-state index is 0.197. The standard InChI is InChI=1S/C24H25N3O3/c28-21(14-18-13-15-10-11-17(18)12-15)25-27-24(30)20-9-5-4-8-19(20)22(26-27)23(29)16-6-2-1-3-7-16/h1-9,15,17-18,23,29H,10-14H2,(H,25,28). The molecule has 2 fully saturated rings. The van der Waals surface area contributed by atoms with E-state index in [1.807, 2.05) is 36.4 Å². The van der Waals surface area contributed by atoms with Crippen molar-refractivity contribution < 1.29 is 9.90 Å². The maximum Gasteiger partial charge on any atom is 0.294 e. The Kier molecular flexibility index (Phi) is 4.87. The van der Waals surface area contributed by atoms with Crippen LogP contribution in [0.15, 0.2) is 59.4 Å². The molecule has 6 heteroatoms. The normalized spacial score (nSPS) is 23.6. The maximum absolute atomic E-state index is 12.9. The molecule has 0 aliphatic heterocycles. The summed E-state index contributed by atoms with van der Waals surface area (Å²) in [5.41, 5.74) is 3.30. The van der Waals surface area contributed by atoms with Gasteiger partial charge in [0.25, 0.3) is 5.56 Å². The van der Waals surface area contributed by atoms with Crippen LogP contribution in [0.4, 0.5) is 0 Å². The lowest BCUT2D eigenvalue weighted by molar-refractivity contribution is -0.118. The van der Waals surface area contributed by atoms with Crippen molar-refractivity contribution in [2.75, 3.05) is 5.43 Å². The van der Waals surface area contributed by atoms with Gasteiger partial charge in [0.15, 0.2) is 0 Å². The van der Waals surface area contributed by atoms with E-state index < -0.39 is 11.7 Å². The molecule has 5 rings (SSSR count).